The van der Waals surface area contributed by atoms with Gasteiger partial charge >= 0.3 is 0 Å². The van der Waals surface area contributed by atoms with Gasteiger partial charge in [0.2, 0.25) is 5.91 Å². The van der Waals surface area contributed by atoms with E-state index in [1.165, 1.54) is 7.11 Å². The highest BCUT2D eigenvalue weighted by molar-refractivity contribution is 5.81. The smallest absolute Gasteiger partial charge is 0.239 e. The Balaban J connectivity index is 2.25. The summed E-state index contributed by atoms with van der Waals surface area (Å²) in [6.45, 7) is 0.237. The second kappa shape index (κ2) is 6.05. The number of aliphatic hydroxyl groups is 1. The largest absolute Gasteiger partial charge is 0.393 e. The number of aliphatic hydroxyl groups excluding tert-OH is 1. The van der Waals surface area contributed by atoms with E-state index < -0.39 is 6.04 Å². The fourth-order valence-electron chi connectivity index (χ4n) is 1.78. The van der Waals surface area contributed by atoms with Gasteiger partial charge in [0.15, 0.2) is 0 Å². The Morgan fingerprint density at radius 3 is 2.67 bits per heavy atom. The van der Waals surface area contributed by atoms with Crippen molar-refractivity contribution < 1.29 is 14.6 Å². The van der Waals surface area contributed by atoms with Crippen molar-refractivity contribution in [2.45, 2.75) is 43.9 Å². The van der Waals surface area contributed by atoms with Crippen LogP contribution in [0, 0.1) is 0 Å². The average Bonchev–Trinajstić information content (AvgIpc) is 2.22. The van der Waals surface area contributed by atoms with Crippen molar-refractivity contribution in [2.75, 3.05) is 13.7 Å². The third kappa shape index (κ3) is 4.15. The molecule has 5 nitrogen and oxygen atoms in total. The first-order valence-electron chi connectivity index (χ1n) is 5.36. The molecule has 88 valence electrons. The van der Waals surface area contributed by atoms with Gasteiger partial charge in [-0.05, 0) is 25.7 Å². The molecule has 1 aliphatic carbocycles. The zero-order valence-electron chi connectivity index (χ0n) is 9.11. The fourth-order valence-corrected chi connectivity index (χ4v) is 1.78. The normalized spacial score (nSPS) is 28.5. The highest BCUT2D eigenvalue weighted by atomic mass is 16.5. The first-order chi connectivity index (χ1) is 7.13. The van der Waals surface area contributed by atoms with Gasteiger partial charge in [-0.1, -0.05) is 0 Å². The number of hydrogen-bond donors (Lipinski definition) is 3. The van der Waals surface area contributed by atoms with E-state index in [9.17, 15) is 9.90 Å². The summed E-state index contributed by atoms with van der Waals surface area (Å²) >= 11 is 0. The number of carbonyl (C=O) groups excluding carboxylic acids is 1. The highest BCUT2D eigenvalue weighted by Gasteiger charge is 2.22. The second-order valence-electron chi connectivity index (χ2n) is 4.08. The van der Waals surface area contributed by atoms with Crippen LogP contribution in [0.5, 0.6) is 0 Å². The molecule has 0 aromatic heterocycles. The summed E-state index contributed by atoms with van der Waals surface area (Å²) in [5.74, 6) is -0.168. The van der Waals surface area contributed by atoms with Crippen LogP contribution in [-0.4, -0.2) is 42.9 Å². The van der Waals surface area contributed by atoms with Crippen molar-refractivity contribution >= 4 is 5.91 Å². The second-order valence-corrected chi connectivity index (χ2v) is 4.08. The standard InChI is InChI=1S/C10H20N2O3/c1-15-6-9(11)10(14)12-7-2-4-8(13)5-3-7/h7-9,13H,2-6,11H2,1H3,(H,12,14). The molecule has 5 heteroatoms. The van der Waals surface area contributed by atoms with E-state index in [0.29, 0.717) is 0 Å². The van der Waals surface area contributed by atoms with E-state index in [4.69, 9.17) is 10.5 Å². The quantitative estimate of drug-likeness (QED) is 0.584. The van der Waals surface area contributed by atoms with Gasteiger partial charge in [-0.15, -0.1) is 0 Å². The van der Waals surface area contributed by atoms with Gasteiger partial charge in [0.1, 0.15) is 6.04 Å². The molecular formula is C10H20N2O3. The molecule has 0 aromatic rings. The summed E-state index contributed by atoms with van der Waals surface area (Å²) in [5.41, 5.74) is 5.59. The molecule has 1 saturated carbocycles. The van der Waals surface area contributed by atoms with Crippen LogP contribution in [0.2, 0.25) is 0 Å². The minimum atomic E-state index is -0.596. The summed E-state index contributed by atoms with van der Waals surface area (Å²) in [5, 5.41) is 12.2. The number of carbonyl (C=O) groups is 1. The van der Waals surface area contributed by atoms with Crippen molar-refractivity contribution in [2.24, 2.45) is 5.73 Å². The molecular weight excluding hydrogens is 196 g/mol. The molecule has 0 spiro atoms. The molecule has 0 radical (unpaired) electrons. The average molecular weight is 216 g/mol. The van der Waals surface area contributed by atoms with Gasteiger partial charge in [-0.25, -0.2) is 0 Å². The van der Waals surface area contributed by atoms with Gasteiger partial charge < -0.3 is 20.9 Å². The molecule has 0 aromatic carbocycles. The van der Waals surface area contributed by atoms with Crippen LogP contribution in [0.3, 0.4) is 0 Å². The zero-order chi connectivity index (χ0) is 11.3. The summed E-state index contributed by atoms with van der Waals surface area (Å²) in [7, 11) is 1.52. The Kier molecular flexibility index (Phi) is 5.01. The van der Waals surface area contributed by atoms with E-state index in [1.54, 1.807) is 0 Å². The number of nitrogens with one attached hydrogen (secondary N) is 1. The molecule has 1 atom stereocenters. The van der Waals surface area contributed by atoms with Gasteiger partial charge in [0.25, 0.3) is 0 Å². The lowest BCUT2D eigenvalue weighted by molar-refractivity contribution is -0.124. The number of rotatable bonds is 4. The molecule has 1 unspecified atom stereocenters. The molecule has 1 fully saturated rings. The molecule has 1 aliphatic rings. The number of hydrogen-bond acceptors (Lipinski definition) is 4. The maximum absolute atomic E-state index is 11.5. The van der Waals surface area contributed by atoms with Crippen molar-refractivity contribution in [1.82, 2.24) is 5.32 Å². The predicted molar refractivity (Wildman–Crippen MR) is 56.3 cm³/mol. The van der Waals surface area contributed by atoms with Gasteiger partial charge in [-0.2, -0.15) is 0 Å². The van der Waals surface area contributed by atoms with Crippen molar-refractivity contribution in [3.63, 3.8) is 0 Å². The zero-order valence-corrected chi connectivity index (χ0v) is 9.11. The van der Waals surface area contributed by atoms with Crippen LogP contribution in [0.4, 0.5) is 0 Å². The number of nitrogens with two attached hydrogens (primary N) is 1. The molecule has 0 heterocycles. The van der Waals surface area contributed by atoms with Gasteiger partial charge in [0, 0.05) is 13.2 Å². The Morgan fingerprint density at radius 2 is 2.13 bits per heavy atom. The minimum Gasteiger partial charge on any atom is -0.393 e. The van der Waals surface area contributed by atoms with Crippen molar-refractivity contribution in [3.8, 4) is 0 Å². The van der Waals surface area contributed by atoms with E-state index in [2.05, 4.69) is 5.32 Å². The van der Waals surface area contributed by atoms with E-state index in [-0.39, 0.29) is 24.7 Å². The number of methoxy groups -OCH3 is 1. The third-order valence-electron chi connectivity index (χ3n) is 2.73. The van der Waals surface area contributed by atoms with E-state index >= 15 is 0 Å². The van der Waals surface area contributed by atoms with Crippen LogP contribution >= 0.6 is 0 Å². The molecule has 1 rings (SSSR count). The van der Waals surface area contributed by atoms with Crippen molar-refractivity contribution in [3.05, 3.63) is 0 Å². The first-order valence-corrected chi connectivity index (χ1v) is 5.36. The Hall–Kier alpha value is -0.650. The summed E-state index contributed by atoms with van der Waals surface area (Å²) in [4.78, 5) is 11.5. The molecule has 0 saturated heterocycles. The molecule has 15 heavy (non-hydrogen) atoms. The summed E-state index contributed by atoms with van der Waals surface area (Å²) in [6.07, 6.45) is 2.96. The third-order valence-corrected chi connectivity index (χ3v) is 2.73. The topological polar surface area (TPSA) is 84.6 Å². The van der Waals surface area contributed by atoms with Crippen LogP contribution < -0.4 is 11.1 Å². The van der Waals surface area contributed by atoms with Gasteiger partial charge in [-0.3, -0.25) is 4.79 Å². The monoisotopic (exact) mass is 216 g/mol. The maximum Gasteiger partial charge on any atom is 0.239 e. The lowest BCUT2D eigenvalue weighted by atomic mass is 9.93. The Morgan fingerprint density at radius 1 is 1.53 bits per heavy atom. The summed E-state index contributed by atoms with van der Waals surface area (Å²) in [6, 6.07) is -0.439. The number of amides is 1. The predicted octanol–water partition coefficient (Wildman–Crippen LogP) is -0.620. The van der Waals surface area contributed by atoms with Crippen LogP contribution in [0.15, 0.2) is 0 Å². The Bertz CT molecular complexity index is 203. The Labute approximate surface area is 90.0 Å². The highest BCUT2D eigenvalue weighted by Crippen LogP contribution is 2.18. The lowest BCUT2D eigenvalue weighted by Gasteiger charge is -2.27. The molecule has 4 N–H and O–H groups in total. The van der Waals surface area contributed by atoms with Crippen molar-refractivity contribution in [1.29, 1.82) is 0 Å². The summed E-state index contributed by atoms with van der Waals surface area (Å²) < 4.78 is 4.81. The van der Waals surface area contributed by atoms with E-state index in [0.717, 1.165) is 25.7 Å². The number of ether oxygens (including phenoxy) is 1. The van der Waals surface area contributed by atoms with E-state index in [1.807, 2.05) is 0 Å². The molecule has 0 aliphatic heterocycles. The fraction of sp³-hybridized carbons (Fsp3) is 0.900. The first kappa shape index (κ1) is 12.4. The van der Waals surface area contributed by atoms with Gasteiger partial charge in [0.05, 0.1) is 12.7 Å². The lowest BCUT2D eigenvalue weighted by Crippen LogP contribution is -2.48. The molecule has 0 bridgehead atoms. The molecule has 1 amide bonds. The maximum atomic E-state index is 11.5. The van der Waals surface area contributed by atoms with Crippen LogP contribution in [0.1, 0.15) is 25.7 Å². The minimum absolute atomic E-state index is 0.156. The van der Waals surface area contributed by atoms with Crippen LogP contribution in [-0.2, 0) is 9.53 Å². The SMILES string of the molecule is COCC(N)C(=O)NC1CCC(O)CC1. The van der Waals surface area contributed by atoms with Crippen LogP contribution in [0.25, 0.3) is 0 Å².